The maximum absolute atomic E-state index is 12.5. The predicted molar refractivity (Wildman–Crippen MR) is 74.1 cm³/mol. The molecule has 1 amide bonds. The van der Waals surface area contributed by atoms with Gasteiger partial charge in [-0.1, -0.05) is 0 Å². The number of hydrogen-bond donors (Lipinski definition) is 1. The van der Waals surface area contributed by atoms with Crippen LogP contribution >= 0.6 is 11.8 Å². The monoisotopic (exact) mass is 319 g/mol. The zero-order valence-corrected chi connectivity index (χ0v) is 12.3. The molecule has 1 unspecified atom stereocenters. The topological polar surface area (TPSA) is 45.2 Å². The number of rotatable bonds is 3. The Labute approximate surface area is 125 Å². The number of nitrogens with one attached hydrogen (secondary N) is 1. The fourth-order valence-corrected chi connectivity index (χ4v) is 2.91. The Balaban J connectivity index is 2.19. The summed E-state index contributed by atoms with van der Waals surface area (Å²) in [5, 5.41) is 2.81. The smallest absolute Gasteiger partial charge is 0.337 e. The number of nitrogens with zero attached hydrogens (tertiary/aromatic N) is 2. The molecule has 4 nitrogen and oxygen atoms in total. The maximum atomic E-state index is 12.5. The van der Waals surface area contributed by atoms with Gasteiger partial charge in [0.15, 0.2) is 0 Å². The Kier molecular flexibility index (Phi) is 5.10. The third-order valence-corrected chi connectivity index (χ3v) is 4.08. The normalized spacial score (nSPS) is 19.6. The lowest BCUT2D eigenvalue weighted by molar-refractivity contribution is -0.0329. The average Bonchev–Trinajstić information content (AvgIpc) is 2.45. The second-order valence-corrected chi connectivity index (χ2v) is 5.84. The van der Waals surface area contributed by atoms with E-state index in [1.807, 2.05) is 7.05 Å². The molecule has 21 heavy (non-hydrogen) atoms. The molecule has 1 atom stereocenters. The number of piperidine rings is 1. The second-order valence-electron chi connectivity index (χ2n) is 4.78. The molecule has 1 saturated heterocycles. The van der Waals surface area contributed by atoms with Crippen LogP contribution in [0.5, 0.6) is 0 Å². The summed E-state index contributed by atoms with van der Waals surface area (Å²) in [6, 6.07) is 3.05. The number of amides is 1. The second kappa shape index (κ2) is 6.65. The number of aromatic nitrogens is 1. The first kappa shape index (κ1) is 16.1. The molecule has 8 heteroatoms. The molecule has 1 aromatic rings. The van der Waals surface area contributed by atoms with Crippen LogP contribution in [0.25, 0.3) is 0 Å². The summed E-state index contributed by atoms with van der Waals surface area (Å²) in [5.41, 5.74) is -4.45. The molecular weight excluding hydrogens is 303 g/mol. The lowest BCUT2D eigenvalue weighted by Gasteiger charge is -2.32. The molecule has 0 aliphatic carbocycles. The predicted octanol–water partition coefficient (Wildman–Crippen LogP) is 2.52. The molecule has 0 saturated carbocycles. The lowest BCUT2D eigenvalue weighted by atomic mass is 10.1. The standard InChI is InChI=1S/C13H16F3N3OS/c1-17-9-4-3-7-19(8-9)12(20)10-5-2-6-18-11(10)21-13(14,15)16/h2,5-6,9,17H,3-4,7-8H2,1H3. The number of pyridine rings is 1. The first-order valence-corrected chi connectivity index (χ1v) is 7.39. The van der Waals surface area contributed by atoms with Crippen LogP contribution in [0.4, 0.5) is 13.2 Å². The Hall–Kier alpha value is -1.28. The molecule has 2 rings (SSSR count). The van der Waals surface area contributed by atoms with Gasteiger partial charge in [0.05, 0.1) is 5.56 Å². The number of carbonyl (C=O) groups excluding carboxylic acids is 1. The summed E-state index contributed by atoms with van der Waals surface area (Å²) < 4.78 is 37.6. The number of thioether (sulfide) groups is 1. The Morgan fingerprint density at radius 1 is 1.52 bits per heavy atom. The molecule has 1 aliphatic heterocycles. The SMILES string of the molecule is CNC1CCCN(C(=O)c2cccnc2SC(F)(F)F)C1. The minimum atomic E-state index is -4.46. The van der Waals surface area contributed by atoms with E-state index >= 15 is 0 Å². The van der Waals surface area contributed by atoms with E-state index in [1.165, 1.54) is 18.3 Å². The van der Waals surface area contributed by atoms with E-state index in [-0.39, 0.29) is 28.4 Å². The highest BCUT2D eigenvalue weighted by Gasteiger charge is 2.33. The average molecular weight is 319 g/mol. The van der Waals surface area contributed by atoms with Gasteiger partial charge >= 0.3 is 5.51 Å². The zero-order chi connectivity index (χ0) is 15.5. The van der Waals surface area contributed by atoms with E-state index in [0.29, 0.717) is 13.1 Å². The maximum Gasteiger partial charge on any atom is 0.447 e. The number of likely N-dealkylation sites (tertiary alicyclic amines) is 1. The van der Waals surface area contributed by atoms with Crippen LogP contribution in [0.15, 0.2) is 23.4 Å². The van der Waals surface area contributed by atoms with Gasteiger partial charge in [0, 0.05) is 37.1 Å². The van der Waals surface area contributed by atoms with Crippen LogP contribution in [-0.4, -0.2) is 47.5 Å². The summed E-state index contributed by atoms with van der Waals surface area (Å²) in [6.45, 7) is 1.06. The fourth-order valence-electron chi connectivity index (χ4n) is 2.31. The molecule has 1 N–H and O–H groups in total. The number of halogens is 3. The highest BCUT2D eigenvalue weighted by atomic mass is 32.2. The van der Waals surface area contributed by atoms with Gasteiger partial charge in [0.25, 0.3) is 5.91 Å². The fraction of sp³-hybridized carbons (Fsp3) is 0.538. The summed E-state index contributed by atoms with van der Waals surface area (Å²) in [7, 11) is 1.81. The van der Waals surface area contributed by atoms with Crippen molar-refractivity contribution in [3.8, 4) is 0 Å². The van der Waals surface area contributed by atoms with Crippen LogP contribution in [-0.2, 0) is 0 Å². The summed E-state index contributed by atoms with van der Waals surface area (Å²) >= 11 is -0.348. The highest BCUT2D eigenvalue weighted by molar-refractivity contribution is 8.00. The summed E-state index contributed by atoms with van der Waals surface area (Å²) in [6.07, 6.45) is 3.05. The van der Waals surface area contributed by atoms with E-state index in [2.05, 4.69) is 10.3 Å². The van der Waals surface area contributed by atoms with E-state index in [9.17, 15) is 18.0 Å². The van der Waals surface area contributed by atoms with Crippen molar-refractivity contribution in [3.05, 3.63) is 23.9 Å². The van der Waals surface area contributed by atoms with Crippen molar-refractivity contribution in [3.63, 3.8) is 0 Å². The van der Waals surface area contributed by atoms with Crippen LogP contribution in [0.1, 0.15) is 23.2 Å². The van der Waals surface area contributed by atoms with Crippen molar-refractivity contribution >= 4 is 17.7 Å². The molecule has 1 fully saturated rings. The highest BCUT2D eigenvalue weighted by Crippen LogP contribution is 2.37. The summed E-state index contributed by atoms with van der Waals surface area (Å²) in [4.78, 5) is 17.7. The van der Waals surface area contributed by atoms with Gasteiger partial charge in [-0.15, -0.1) is 0 Å². The van der Waals surface area contributed by atoms with Crippen LogP contribution < -0.4 is 5.32 Å². The Morgan fingerprint density at radius 3 is 2.95 bits per heavy atom. The van der Waals surface area contributed by atoms with Gasteiger partial charge in [-0.25, -0.2) is 4.98 Å². The minimum Gasteiger partial charge on any atom is -0.337 e. The quantitative estimate of drug-likeness (QED) is 0.870. The molecular formula is C13H16F3N3OS. The molecule has 1 aliphatic rings. The third kappa shape index (κ3) is 4.34. The Morgan fingerprint density at radius 2 is 2.29 bits per heavy atom. The first-order valence-electron chi connectivity index (χ1n) is 6.58. The van der Waals surface area contributed by atoms with Gasteiger partial charge in [0.2, 0.25) is 0 Å². The lowest BCUT2D eigenvalue weighted by Crippen LogP contribution is -2.47. The molecule has 0 aromatic carbocycles. The van der Waals surface area contributed by atoms with E-state index in [4.69, 9.17) is 0 Å². The molecule has 116 valence electrons. The molecule has 0 spiro atoms. The van der Waals surface area contributed by atoms with Crippen molar-refractivity contribution in [1.29, 1.82) is 0 Å². The van der Waals surface area contributed by atoms with Gasteiger partial charge < -0.3 is 10.2 Å². The largest absolute Gasteiger partial charge is 0.447 e. The molecule has 2 heterocycles. The summed E-state index contributed by atoms with van der Waals surface area (Å²) in [5.74, 6) is -0.394. The number of carbonyl (C=O) groups is 1. The third-order valence-electron chi connectivity index (χ3n) is 3.33. The Bertz CT molecular complexity index is 510. The van der Waals surface area contributed by atoms with Gasteiger partial charge in [0.1, 0.15) is 5.03 Å². The van der Waals surface area contributed by atoms with Crippen LogP contribution in [0, 0.1) is 0 Å². The van der Waals surface area contributed by atoms with Crippen LogP contribution in [0.2, 0.25) is 0 Å². The number of alkyl halides is 3. The van der Waals surface area contributed by atoms with Crippen molar-refractivity contribution in [2.24, 2.45) is 0 Å². The van der Waals surface area contributed by atoms with E-state index in [1.54, 1.807) is 4.90 Å². The first-order chi connectivity index (χ1) is 9.90. The van der Waals surface area contributed by atoms with Crippen molar-refractivity contribution in [2.75, 3.05) is 20.1 Å². The minimum absolute atomic E-state index is 0.0107. The zero-order valence-electron chi connectivity index (χ0n) is 11.5. The van der Waals surface area contributed by atoms with Crippen molar-refractivity contribution in [1.82, 2.24) is 15.2 Å². The molecule has 1 aromatic heterocycles. The van der Waals surface area contributed by atoms with Crippen molar-refractivity contribution < 1.29 is 18.0 Å². The van der Waals surface area contributed by atoms with Gasteiger partial charge in [-0.3, -0.25) is 4.79 Å². The number of likely N-dealkylation sites (N-methyl/N-ethyl adjacent to an activating group) is 1. The van der Waals surface area contributed by atoms with Crippen LogP contribution in [0.3, 0.4) is 0 Å². The van der Waals surface area contributed by atoms with E-state index < -0.39 is 11.4 Å². The van der Waals surface area contributed by atoms with Crippen molar-refractivity contribution in [2.45, 2.75) is 29.4 Å². The number of hydrogen-bond acceptors (Lipinski definition) is 4. The van der Waals surface area contributed by atoms with Gasteiger partial charge in [-0.05, 0) is 32.0 Å². The molecule has 0 bridgehead atoms. The van der Waals surface area contributed by atoms with E-state index in [0.717, 1.165) is 12.8 Å². The molecule has 0 radical (unpaired) electrons. The van der Waals surface area contributed by atoms with Gasteiger partial charge in [-0.2, -0.15) is 13.2 Å².